The summed E-state index contributed by atoms with van der Waals surface area (Å²) in [7, 11) is 1.88. The van der Waals surface area contributed by atoms with Crippen LogP contribution in [0.4, 0.5) is 5.82 Å². The molecule has 0 saturated carbocycles. The molecule has 1 aliphatic rings. The number of aliphatic imine (C=N–C) groups is 1. The van der Waals surface area contributed by atoms with Crippen LogP contribution in [0.2, 0.25) is 0 Å². The number of hydrogen-bond acceptors (Lipinski definition) is 5. The minimum absolute atomic E-state index is 0.238. The van der Waals surface area contributed by atoms with Crippen LogP contribution in [0.15, 0.2) is 29.3 Å². The van der Waals surface area contributed by atoms with Crippen LogP contribution < -0.4 is 4.74 Å². The predicted octanol–water partition coefficient (Wildman–Crippen LogP) is 3.93. The number of carbonyl (C=O) groups is 1. The molecular weight excluding hydrogens is 342 g/mol. The van der Waals surface area contributed by atoms with Gasteiger partial charge >= 0.3 is 5.97 Å². The Morgan fingerprint density at radius 3 is 2.67 bits per heavy atom. The molecule has 2 unspecified atom stereocenters. The molecule has 2 heterocycles. The van der Waals surface area contributed by atoms with Gasteiger partial charge in [-0.3, -0.25) is 9.48 Å². The Hall–Kier alpha value is -2.63. The van der Waals surface area contributed by atoms with Gasteiger partial charge in [0, 0.05) is 29.8 Å². The van der Waals surface area contributed by atoms with Crippen molar-refractivity contribution in [1.82, 2.24) is 9.78 Å². The highest BCUT2D eigenvalue weighted by Gasteiger charge is 2.42. The zero-order valence-corrected chi connectivity index (χ0v) is 16.7. The summed E-state index contributed by atoms with van der Waals surface area (Å²) >= 11 is 0. The molecule has 6 nitrogen and oxygen atoms in total. The molecule has 2 atom stereocenters. The molecule has 2 aromatic rings. The van der Waals surface area contributed by atoms with Crippen molar-refractivity contribution in [1.29, 1.82) is 0 Å². The van der Waals surface area contributed by atoms with Crippen LogP contribution in [0.5, 0.6) is 5.75 Å². The second-order valence-corrected chi connectivity index (χ2v) is 6.79. The van der Waals surface area contributed by atoms with E-state index in [1.165, 1.54) is 0 Å². The molecular formula is C21H27N3O3. The van der Waals surface area contributed by atoms with Crippen LogP contribution in [-0.4, -0.2) is 34.7 Å². The van der Waals surface area contributed by atoms with Crippen molar-refractivity contribution in [2.45, 2.75) is 40.0 Å². The van der Waals surface area contributed by atoms with Crippen molar-refractivity contribution in [3.63, 3.8) is 0 Å². The van der Waals surface area contributed by atoms with E-state index in [1.807, 2.05) is 59.0 Å². The molecule has 0 spiro atoms. The van der Waals surface area contributed by atoms with Gasteiger partial charge in [-0.15, -0.1) is 0 Å². The van der Waals surface area contributed by atoms with Gasteiger partial charge in [-0.1, -0.05) is 25.1 Å². The summed E-state index contributed by atoms with van der Waals surface area (Å²) in [6, 6.07) is 7.88. The van der Waals surface area contributed by atoms with Crippen LogP contribution in [0.25, 0.3) is 0 Å². The summed E-state index contributed by atoms with van der Waals surface area (Å²) in [5, 5.41) is 4.55. The minimum Gasteiger partial charge on any atom is -0.494 e. The Balaban J connectivity index is 2.19. The third kappa shape index (κ3) is 3.48. The lowest BCUT2D eigenvalue weighted by molar-refractivity contribution is -0.146. The van der Waals surface area contributed by atoms with E-state index in [2.05, 4.69) is 5.10 Å². The van der Waals surface area contributed by atoms with Crippen molar-refractivity contribution in [3.8, 4) is 5.75 Å². The molecule has 0 fully saturated rings. The highest BCUT2D eigenvalue weighted by atomic mass is 16.5. The molecule has 0 saturated heterocycles. The number of para-hydroxylation sites is 1. The number of rotatable bonds is 6. The highest BCUT2D eigenvalue weighted by molar-refractivity contribution is 6.05. The van der Waals surface area contributed by atoms with Gasteiger partial charge < -0.3 is 9.47 Å². The van der Waals surface area contributed by atoms with E-state index in [0.29, 0.717) is 13.2 Å². The van der Waals surface area contributed by atoms with Crippen LogP contribution in [-0.2, 0) is 16.6 Å². The molecule has 1 aromatic heterocycles. The average molecular weight is 369 g/mol. The predicted molar refractivity (Wildman–Crippen MR) is 105 cm³/mol. The van der Waals surface area contributed by atoms with Crippen LogP contribution >= 0.6 is 0 Å². The summed E-state index contributed by atoms with van der Waals surface area (Å²) in [4.78, 5) is 17.7. The number of esters is 1. The van der Waals surface area contributed by atoms with E-state index in [0.717, 1.165) is 40.5 Å². The largest absolute Gasteiger partial charge is 0.494 e. The number of aromatic nitrogens is 2. The van der Waals surface area contributed by atoms with Crippen molar-refractivity contribution in [2.75, 3.05) is 13.2 Å². The van der Waals surface area contributed by atoms with Crippen molar-refractivity contribution < 1.29 is 14.3 Å². The number of nitrogens with zero attached hydrogens (tertiary/aromatic N) is 3. The number of fused-ring (bicyclic) bond motifs is 1. The Morgan fingerprint density at radius 2 is 1.96 bits per heavy atom. The lowest BCUT2D eigenvalue weighted by atomic mass is 9.76. The molecule has 0 bridgehead atoms. The lowest BCUT2D eigenvalue weighted by Crippen LogP contribution is -2.34. The van der Waals surface area contributed by atoms with Crippen LogP contribution in [0.3, 0.4) is 0 Å². The zero-order chi connectivity index (χ0) is 19.6. The van der Waals surface area contributed by atoms with Crippen LogP contribution in [0, 0.1) is 12.8 Å². The fourth-order valence-electron chi connectivity index (χ4n) is 3.76. The van der Waals surface area contributed by atoms with Gasteiger partial charge in [-0.2, -0.15) is 5.10 Å². The third-order valence-corrected chi connectivity index (χ3v) is 4.87. The zero-order valence-electron chi connectivity index (χ0n) is 16.7. The molecule has 1 aliphatic heterocycles. The third-order valence-electron chi connectivity index (χ3n) is 4.87. The molecule has 144 valence electrons. The maximum Gasteiger partial charge on any atom is 0.315 e. The second-order valence-electron chi connectivity index (χ2n) is 6.79. The lowest BCUT2D eigenvalue weighted by Gasteiger charge is -2.31. The van der Waals surface area contributed by atoms with E-state index in [-0.39, 0.29) is 11.9 Å². The first kappa shape index (κ1) is 19.1. The Labute approximate surface area is 160 Å². The van der Waals surface area contributed by atoms with Gasteiger partial charge in [0.05, 0.1) is 18.9 Å². The van der Waals surface area contributed by atoms with Crippen molar-refractivity contribution in [2.24, 2.45) is 18.0 Å². The Kier molecular flexibility index (Phi) is 5.63. The second kappa shape index (κ2) is 7.94. The fraction of sp³-hybridized carbons (Fsp3) is 0.476. The normalized spacial score (nSPS) is 18.6. The topological polar surface area (TPSA) is 65.7 Å². The molecule has 6 heteroatoms. The maximum absolute atomic E-state index is 13.0. The number of hydrogen-bond donors (Lipinski definition) is 0. The highest BCUT2D eigenvalue weighted by Crippen LogP contribution is 2.46. The summed E-state index contributed by atoms with van der Waals surface area (Å²) in [6.45, 7) is 8.75. The number of carbonyl (C=O) groups excluding carboxylic acids is 1. The van der Waals surface area contributed by atoms with E-state index >= 15 is 0 Å². The van der Waals surface area contributed by atoms with Gasteiger partial charge in [0.2, 0.25) is 0 Å². The summed E-state index contributed by atoms with van der Waals surface area (Å²) in [5.74, 6) is 0.596. The SMILES string of the molecule is CCCOC(=O)C1C(C)=Nc2c(c(C)nn2C)C1c1ccccc1OCC. The Bertz CT molecular complexity index is 870. The van der Waals surface area contributed by atoms with Gasteiger partial charge in [-0.25, -0.2) is 4.99 Å². The van der Waals surface area contributed by atoms with Gasteiger partial charge in [-0.05, 0) is 33.3 Å². The van der Waals surface area contributed by atoms with Gasteiger partial charge in [0.1, 0.15) is 11.7 Å². The van der Waals surface area contributed by atoms with E-state index in [1.54, 1.807) is 4.68 Å². The Morgan fingerprint density at radius 1 is 1.22 bits per heavy atom. The van der Waals surface area contributed by atoms with Crippen molar-refractivity contribution in [3.05, 3.63) is 41.1 Å². The summed E-state index contributed by atoms with van der Waals surface area (Å²) in [6.07, 6.45) is 0.784. The van der Waals surface area contributed by atoms with E-state index in [4.69, 9.17) is 14.5 Å². The number of aryl methyl sites for hydroxylation is 2. The molecule has 0 amide bonds. The number of benzene rings is 1. The molecule has 27 heavy (non-hydrogen) atoms. The molecule has 0 aliphatic carbocycles. The average Bonchev–Trinajstić information content (AvgIpc) is 2.93. The quantitative estimate of drug-likeness (QED) is 0.724. The summed E-state index contributed by atoms with van der Waals surface area (Å²) < 4.78 is 13.2. The molecule has 1 aromatic carbocycles. The monoisotopic (exact) mass is 369 g/mol. The van der Waals surface area contributed by atoms with Crippen LogP contribution in [0.1, 0.15) is 49.9 Å². The van der Waals surface area contributed by atoms with E-state index in [9.17, 15) is 4.79 Å². The smallest absolute Gasteiger partial charge is 0.315 e. The minimum atomic E-state index is -0.492. The molecule has 0 N–H and O–H groups in total. The first-order valence-electron chi connectivity index (χ1n) is 9.46. The maximum atomic E-state index is 13.0. The summed E-state index contributed by atoms with van der Waals surface area (Å²) in [5.41, 5.74) is 3.54. The van der Waals surface area contributed by atoms with E-state index < -0.39 is 5.92 Å². The standard InChI is InChI=1S/C21H27N3O3/c1-6-12-27-21(25)18-13(3)22-20-17(14(4)23-24(20)5)19(18)15-10-8-9-11-16(15)26-7-2/h8-11,18-19H,6-7,12H2,1-5H3. The van der Waals surface area contributed by atoms with Gasteiger partial charge in [0.15, 0.2) is 5.82 Å². The fourth-order valence-corrected chi connectivity index (χ4v) is 3.76. The van der Waals surface area contributed by atoms with Gasteiger partial charge in [0.25, 0.3) is 0 Å². The van der Waals surface area contributed by atoms with Crippen molar-refractivity contribution >= 4 is 17.5 Å². The number of ether oxygens (including phenoxy) is 2. The first-order chi connectivity index (χ1) is 13.0. The molecule has 0 radical (unpaired) electrons. The first-order valence-corrected chi connectivity index (χ1v) is 9.46. The molecule has 3 rings (SSSR count).